The van der Waals surface area contributed by atoms with E-state index in [1.807, 2.05) is 52.8 Å². The molecule has 4 heteroatoms. The van der Waals surface area contributed by atoms with Crippen LogP contribution in [0.25, 0.3) is 0 Å². The second-order valence-corrected chi connectivity index (χ2v) is 6.43. The Balaban J connectivity index is 2.84. The Morgan fingerprint density at radius 1 is 1.26 bits per heavy atom. The average molecular weight is 321 g/mol. The van der Waals surface area contributed by atoms with E-state index in [2.05, 4.69) is 12.2 Å². The predicted molar refractivity (Wildman–Crippen MR) is 95.1 cm³/mol. The maximum absolute atomic E-state index is 12.6. The fourth-order valence-electron chi connectivity index (χ4n) is 2.43. The van der Waals surface area contributed by atoms with Gasteiger partial charge in [-0.05, 0) is 64.3 Å². The highest BCUT2D eigenvalue weighted by molar-refractivity contribution is 5.97. The molecule has 1 rings (SSSR count). The first-order valence-electron chi connectivity index (χ1n) is 8.55. The molecule has 0 saturated heterocycles. The zero-order valence-corrected chi connectivity index (χ0v) is 15.4. The van der Waals surface area contributed by atoms with E-state index in [-0.39, 0.29) is 12.0 Å². The summed E-state index contributed by atoms with van der Waals surface area (Å²) in [7, 11) is 0. The lowest BCUT2D eigenvalue weighted by Crippen LogP contribution is -2.43. The van der Waals surface area contributed by atoms with Crippen molar-refractivity contribution in [2.45, 2.75) is 72.5 Å². The third-order valence-corrected chi connectivity index (χ3v) is 3.63. The first-order valence-corrected chi connectivity index (χ1v) is 8.55. The van der Waals surface area contributed by atoms with Gasteiger partial charge in [0.05, 0.1) is 6.10 Å². The summed E-state index contributed by atoms with van der Waals surface area (Å²) in [5.74, 6) is 0.751. The summed E-state index contributed by atoms with van der Waals surface area (Å²) in [5, 5.41) is 2.98. The standard InChI is InChI=1S/C19H31NO3/c1-7-11-19(6,22-12-8-2)18(21)20-16-9-10-17(15(5)13-16)23-14(3)4/h9-10,13-14H,7-8,11-12H2,1-6H3,(H,20,21)/t19-/m0/s1. The molecule has 1 aromatic carbocycles. The van der Waals surface area contributed by atoms with Gasteiger partial charge >= 0.3 is 0 Å². The molecular formula is C19H31NO3. The summed E-state index contributed by atoms with van der Waals surface area (Å²) in [4.78, 5) is 12.6. The van der Waals surface area contributed by atoms with E-state index >= 15 is 0 Å². The average Bonchev–Trinajstić information content (AvgIpc) is 2.48. The van der Waals surface area contributed by atoms with Gasteiger partial charge in [-0.2, -0.15) is 0 Å². The van der Waals surface area contributed by atoms with Crippen molar-refractivity contribution in [3.05, 3.63) is 23.8 Å². The Kier molecular flexibility index (Phi) is 7.56. The molecule has 1 amide bonds. The van der Waals surface area contributed by atoms with Crippen LogP contribution in [0.15, 0.2) is 18.2 Å². The number of aryl methyl sites for hydroxylation is 1. The molecular weight excluding hydrogens is 290 g/mol. The summed E-state index contributed by atoms with van der Waals surface area (Å²) < 4.78 is 11.5. The Hall–Kier alpha value is -1.55. The molecule has 0 saturated carbocycles. The highest BCUT2D eigenvalue weighted by Gasteiger charge is 2.33. The van der Waals surface area contributed by atoms with E-state index in [0.717, 1.165) is 29.8 Å². The Bertz CT molecular complexity index is 513. The number of ether oxygens (including phenoxy) is 2. The molecule has 0 aromatic heterocycles. The molecule has 1 aromatic rings. The second-order valence-electron chi connectivity index (χ2n) is 6.43. The largest absolute Gasteiger partial charge is 0.491 e. The summed E-state index contributed by atoms with van der Waals surface area (Å²) in [6.07, 6.45) is 2.62. The summed E-state index contributed by atoms with van der Waals surface area (Å²) in [6, 6.07) is 5.70. The number of amides is 1. The fourth-order valence-corrected chi connectivity index (χ4v) is 2.43. The molecule has 0 bridgehead atoms. The van der Waals surface area contributed by atoms with Crippen LogP contribution in [0.4, 0.5) is 5.69 Å². The number of carbonyl (C=O) groups is 1. The predicted octanol–water partition coefficient (Wildman–Crippen LogP) is 4.71. The maximum Gasteiger partial charge on any atom is 0.256 e. The van der Waals surface area contributed by atoms with Crippen molar-refractivity contribution in [2.24, 2.45) is 0 Å². The minimum Gasteiger partial charge on any atom is -0.491 e. The molecule has 0 aliphatic heterocycles. The summed E-state index contributed by atoms with van der Waals surface area (Å²) in [5.41, 5.74) is 0.986. The van der Waals surface area contributed by atoms with Crippen LogP contribution in [0, 0.1) is 6.92 Å². The minimum atomic E-state index is -0.786. The van der Waals surface area contributed by atoms with Gasteiger partial charge in [-0.15, -0.1) is 0 Å². The lowest BCUT2D eigenvalue weighted by molar-refractivity contribution is -0.140. The zero-order valence-electron chi connectivity index (χ0n) is 15.4. The third kappa shape index (κ3) is 5.87. The molecule has 1 atom stereocenters. The van der Waals surface area contributed by atoms with Gasteiger partial charge < -0.3 is 14.8 Å². The number of benzene rings is 1. The van der Waals surface area contributed by atoms with E-state index < -0.39 is 5.60 Å². The molecule has 1 N–H and O–H groups in total. The molecule has 4 nitrogen and oxygen atoms in total. The van der Waals surface area contributed by atoms with Gasteiger partial charge in [0.2, 0.25) is 0 Å². The third-order valence-electron chi connectivity index (χ3n) is 3.63. The quantitative estimate of drug-likeness (QED) is 0.717. The molecule has 130 valence electrons. The maximum atomic E-state index is 12.6. The number of anilines is 1. The SMILES string of the molecule is CCCO[C@@](C)(CCC)C(=O)Nc1ccc(OC(C)C)c(C)c1. The molecule has 0 aliphatic carbocycles. The van der Waals surface area contributed by atoms with Crippen molar-refractivity contribution in [3.63, 3.8) is 0 Å². The van der Waals surface area contributed by atoms with Gasteiger partial charge in [0, 0.05) is 12.3 Å². The van der Waals surface area contributed by atoms with Crippen molar-refractivity contribution in [1.82, 2.24) is 0 Å². The van der Waals surface area contributed by atoms with Crippen LogP contribution in [0.3, 0.4) is 0 Å². The number of nitrogens with one attached hydrogen (secondary N) is 1. The van der Waals surface area contributed by atoms with Gasteiger partial charge in [-0.3, -0.25) is 4.79 Å². The normalized spacial score (nSPS) is 13.7. The first-order chi connectivity index (χ1) is 10.8. The van der Waals surface area contributed by atoms with E-state index in [1.165, 1.54) is 0 Å². The van der Waals surface area contributed by atoms with E-state index in [1.54, 1.807) is 0 Å². The number of rotatable bonds is 9. The molecule has 0 unspecified atom stereocenters. The topological polar surface area (TPSA) is 47.6 Å². The number of carbonyl (C=O) groups excluding carboxylic acids is 1. The summed E-state index contributed by atoms with van der Waals surface area (Å²) >= 11 is 0. The summed E-state index contributed by atoms with van der Waals surface area (Å²) in [6.45, 7) is 12.5. The zero-order chi connectivity index (χ0) is 17.5. The highest BCUT2D eigenvalue weighted by Crippen LogP contribution is 2.25. The van der Waals surface area contributed by atoms with Gasteiger partial charge in [0.15, 0.2) is 0 Å². The smallest absolute Gasteiger partial charge is 0.256 e. The van der Waals surface area contributed by atoms with Gasteiger partial charge in [-0.1, -0.05) is 20.3 Å². The minimum absolute atomic E-state index is 0.0928. The lowest BCUT2D eigenvalue weighted by atomic mass is 9.98. The second kappa shape index (κ2) is 8.92. The molecule has 0 aliphatic rings. The highest BCUT2D eigenvalue weighted by atomic mass is 16.5. The van der Waals surface area contributed by atoms with Crippen molar-refractivity contribution in [1.29, 1.82) is 0 Å². The number of hydrogen-bond donors (Lipinski definition) is 1. The monoisotopic (exact) mass is 321 g/mol. The van der Waals surface area contributed by atoms with Crippen LogP contribution >= 0.6 is 0 Å². The fraction of sp³-hybridized carbons (Fsp3) is 0.632. The van der Waals surface area contributed by atoms with E-state index in [9.17, 15) is 4.79 Å². The van der Waals surface area contributed by atoms with Gasteiger partial charge in [0.25, 0.3) is 5.91 Å². The molecule has 23 heavy (non-hydrogen) atoms. The van der Waals surface area contributed by atoms with E-state index in [4.69, 9.17) is 9.47 Å². The van der Waals surface area contributed by atoms with Crippen molar-refractivity contribution in [3.8, 4) is 5.75 Å². The van der Waals surface area contributed by atoms with Gasteiger partial charge in [0.1, 0.15) is 11.4 Å². The molecule has 0 fully saturated rings. The van der Waals surface area contributed by atoms with E-state index in [0.29, 0.717) is 13.0 Å². The van der Waals surface area contributed by atoms with Crippen molar-refractivity contribution < 1.29 is 14.3 Å². The van der Waals surface area contributed by atoms with Crippen LogP contribution in [-0.2, 0) is 9.53 Å². The van der Waals surface area contributed by atoms with Gasteiger partial charge in [-0.25, -0.2) is 0 Å². The van der Waals surface area contributed by atoms with Crippen LogP contribution in [0.2, 0.25) is 0 Å². The number of hydrogen-bond acceptors (Lipinski definition) is 3. The Morgan fingerprint density at radius 3 is 2.48 bits per heavy atom. The van der Waals surface area contributed by atoms with Crippen molar-refractivity contribution in [2.75, 3.05) is 11.9 Å². The van der Waals surface area contributed by atoms with Crippen LogP contribution in [0.1, 0.15) is 59.4 Å². The molecule has 0 heterocycles. The van der Waals surface area contributed by atoms with Crippen molar-refractivity contribution >= 4 is 11.6 Å². The molecule has 0 radical (unpaired) electrons. The molecule has 0 spiro atoms. The Labute approximate surface area is 140 Å². The van der Waals surface area contributed by atoms with Crippen LogP contribution in [0.5, 0.6) is 5.75 Å². The van der Waals surface area contributed by atoms with Crippen LogP contribution in [-0.4, -0.2) is 24.2 Å². The Morgan fingerprint density at radius 2 is 1.96 bits per heavy atom. The van der Waals surface area contributed by atoms with Crippen LogP contribution < -0.4 is 10.1 Å². The lowest BCUT2D eigenvalue weighted by Gasteiger charge is -2.28. The first kappa shape index (κ1) is 19.5.